The molecule has 6 heteroatoms. The number of nitrogens with one attached hydrogen (secondary N) is 2. The van der Waals surface area contributed by atoms with Crippen LogP contribution in [0.1, 0.15) is 31.2 Å². The lowest BCUT2D eigenvalue weighted by atomic mass is 10.0. The van der Waals surface area contributed by atoms with Crippen LogP contribution in [-0.4, -0.2) is 33.3 Å². The molecule has 2 aromatic carbocycles. The SMILES string of the molecule is COc1ccc(C2(NC(=O)Nc3ccc(N4CCCC4)cc3)CC2)cc1OC. The number of anilines is 2. The van der Waals surface area contributed by atoms with E-state index < -0.39 is 0 Å². The fourth-order valence-electron chi connectivity index (χ4n) is 3.86. The molecule has 0 radical (unpaired) electrons. The molecule has 1 saturated heterocycles. The molecule has 1 aliphatic carbocycles. The van der Waals surface area contributed by atoms with Crippen LogP contribution in [-0.2, 0) is 5.54 Å². The zero-order valence-electron chi connectivity index (χ0n) is 16.5. The van der Waals surface area contributed by atoms with Gasteiger partial charge < -0.3 is 25.0 Å². The molecule has 6 nitrogen and oxygen atoms in total. The number of hydrogen-bond donors (Lipinski definition) is 2. The number of carbonyl (C=O) groups is 1. The smallest absolute Gasteiger partial charge is 0.319 e. The van der Waals surface area contributed by atoms with Crippen LogP contribution in [0.25, 0.3) is 0 Å². The Bertz CT molecular complexity index is 841. The molecule has 0 bridgehead atoms. The Balaban J connectivity index is 1.40. The van der Waals surface area contributed by atoms with E-state index in [-0.39, 0.29) is 11.6 Å². The molecule has 1 heterocycles. The number of amides is 2. The summed E-state index contributed by atoms with van der Waals surface area (Å²) in [5, 5.41) is 6.09. The number of urea groups is 1. The van der Waals surface area contributed by atoms with Crippen molar-refractivity contribution in [2.24, 2.45) is 0 Å². The summed E-state index contributed by atoms with van der Waals surface area (Å²) in [7, 11) is 3.23. The highest BCUT2D eigenvalue weighted by atomic mass is 16.5. The number of nitrogens with zero attached hydrogens (tertiary/aromatic N) is 1. The maximum Gasteiger partial charge on any atom is 0.319 e. The standard InChI is InChI=1S/C22H27N3O3/c1-27-19-10-5-16(15-20(19)28-2)22(11-12-22)24-21(26)23-17-6-8-18(9-7-17)25-13-3-4-14-25/h5-10,15H,3-4,11-14H2,1-2H3,(H2,23,24,26). The maximum atomic E-state index is 12.6. The second kappa shape index (κ2) is 7.62. The minimum atomic E-state index is -0.334. The lowest BCUT2D eigenvalue weighted by Gasteiger charge is -2.20. The van der Waals surface area contributed by atoms with Gasteiger partial charge in [0.15, 0.2) is 11.5 Å². The van der Waals surface area contributed by atoms with Crippen molar-refractivity contribution in [3.8, 4) is 11.5 Å². The Kier molecular flexibility index (Phi) is 5.03. The van der Waals surface area contributed by atoms with Crippen molar-refractivity contribution in [1.29, 1.82) is 0 Å². The highest BCUT2D eigenvalue weighted by molar-refractivity contribution is 5.90. The first-order valence-corrected chi connectivity index (χ1v) is 9.80. The van der Waals surface area contributed by atoms with Gasteiger partial charge in [-0.1, -0.05) is 6.07 Å². The molecule has 0 atom stereocenters. The minimum Gasteiger partial charge on any atom is -0.493 e. The molecular formula is C22H27N3O3. The average molecular weight is 381 g/mol. The van der Waals surface area contributed by atoms with Gasteiger partial charge in [0.05, 0.1) is 19.8 Å². The van der Waals surface area contributed by atoms with Crippen LogP contribution in [0.2, 0.25) is 0 Å². The summed E-state index contributed by atoms with van der Waals surface area (Å²) < 4.78 is 10.7. The maximum absolute atomic E-state index is 12.6. The van der Waals surface area contributed by atoms with E-state index in [2.05, 4.69) is 27.7 Å². The Morgan fingerprint density at radius 2 is 1.64 bits per heavy atom. The van der Waals surface area contributed by atoms with E-state index in [1.54, 1.807) is 14.2 Å². The van der Waals surface area contributed by atoms with Crippen molar-refractivity contribution in [1.82, 2.24) is 5.32 Å². The third-order valence-corrected chi connectivity index (χ3v) is 5.64. The molecule has 4 rings (SSSR count). The molecule has 28 heavy (non-hydrogen) atoms. The van der Waals surface area contributed by atoms with Gasteiger partial charge in [0.25, 0.3) is 0 Å². The Morgan fingerprint density at radius 3 is 2.25 bits per heavy atom. The topological polar surface area (TPSA) is 62.8 Å². The van der Waals surface area contributed by atoms with E-state index in [0.717, 1.165) is 37.2 Å². The van der Waals surface area contributed by atoms with Crippen LogP contribution in [0.15, 0.2) is 42.5 Å². The molecule has 2 N–H and O–H groups in total. The van der Waals surface area contributed by atoms with Crippen molar-refractivity contribution in [3.63, 3.8) is 0 Å². The van der Waals surface area contributed by atoms with Gasteiger partial charge in [-0.15, -0.1) is 0 Å². The van der Waals surface area contributed by atoms with Crippen molar-refractivity contribution in [2.45, 2.75) is 31.2 Å². The molecule has 0 aromatic heterocycles. The predicted octanol–water partition coefficient (Wildman–Crippen LogP) is 4.11. The van der Waals surface area contributed by atoms with Crippen LogP contribution in [0.4, 0.5) is 16.2 Å². The normalized spacial score (nSPS) is 17.1. The highest BCUT2D eigenvalue weighted by Gasteiger charge is 2.46. The first kappa shape index (κ1) is 18.5. The molecule has 2 amide bonds. The average Bonchev–Trinajstić information content (AvgIpc) is 3.28. The molecule has 2 fully saturated rings. The monoisotopic (exact) mass is 381 g/mol. The predicted molar refractivity (Wildman–Crippen MR) is 111 cm³/mol. The summed E-state index contributed by atoms with van der Waals surface area (Å²) in [6, 6.07) is 13.7. The number of benzene rings is 2. The quantitative estimate of drug-likeness (QED) is 0.790. The molecule has 0 unspecified atom stereocenters. The lowest BCUT2D eigenvalue weighted by molar-refractivity contribution is 0.247. The van der Waals surface area contributed by atoms with Gasteiger partial charge in [-0.05, 0) is 67.6 Å². The molecule has 1 saturated carbocycles. The Hall–Kier alpha value is -2.89. The lowest BCUT2D eigenvalue weighted by Crippen LogP contribution is -2.38. The van der Waals surface area contributed by atoms with E-state index in [0.29, 0.717) is 11.5 Å². The largest absolute Gasteiger partial charge is 0.493 e. The highest BCUT2D eigenvalue weighted by Crippen LogP contribution is 2.47. The fourth-order valence-corrected chi connectivity index (χ4v) is 3.86. The van der Waals surface area contributed by atoms with Gasteiger partial charge in [-0.25, -0.2) is 4.79 Å². The summed E-state index contributed by atoms with van der Waals surface area (Å²) >= 11 is 0. The van der Waals surface area contributed by atoms with Crippen LogP contribution in [0.3, 0.4) is 0 Å². The van der Waals surface area contributed by atoms with Crippen LogP contribution in [0, 0.1) is 0 Å². The first-order chi connectivity index (χ1) is 13.6. The third-order valence-electron chi connectivity index (χ3n) is 5.64. The van der Waals surface area contributed by atoms with Crippen molar-refractivity contribution >= 4 is 17.4 Å². The number of methoxy groups -OCH3 is 2. The first-order valence-electron chi connectivity index (χ1n) is 9.80. The number of ether oxygens (including phenoxy) is 2. The van der Waals surface area contributed by atoms with Gasteiger partial charge in [-0.2, -0.15) is 0 Å². The van der Waals surface area contributed by atoms with Crippen molar-refractivity contribution in [2.75, 3.05) is 37.5 Å². The Morgan fingerprint density at radius 1 is 0.964 bits per heavy atom. The fraction of sp³-hybridized carbons (Fsp3) is 0.409. The Labute approximate surface area is 165 Å². The second-order valence-corrected chi connectivity index (χ2v) is 7.47. The summed E-state index contributed by atoms with van der Waals surface area (Å²) in [6.07, 6.45) is 4.31. The van der Waals surface area contributed by atoms with Crippen LogP contribution < -0.4 is 25.0 Å². The van der Waals surface area contributed by atoms with E-state index in [1.807, 2.05) is 30.3 Å². The summed E-state index contributed by atoms with van der Waals surface area (Å²) in [4.78, 5) is 14.9. The molecule has 148 valence electrons. The number of carbonyl (C=O) groups excluding carboxylic acids is 1. The van der Waals surface area contributed by atoms with E-state index >= 15 is 0 Å². The molecule has 1 aliphatic heterocycles. The molecule has 2 aliphatic rings. The number of hydrogen-bond acceptors (Lipinski definition) is 4. The molecule has 0 spiro atoms. The van der Waals surface area contributed by atoms with Gasteiger partial charge in [0.2, 0.25) is 0 Å². The third kappa shape index (κ3) is 3.72. The molecule has 2 aromatic rings. The zero-order chi connectivity index (χ0) is 19.6. The van der Waals surface area contributed by atoms with Gasteiger partial charge in [0, 0.05) is 24.5 Å². The minimum absolute atomic E-state index is 0.193. The summed E-state index contributed by atoms with van der Waals surface area (Å²) in [6.45, 7) is 2.22. The van der Waals surface area contributed by atoms with Gasteiger partial charge >= 0.3 is 6.03 Å². The van der Waals surface area contributed by atoms with E-state index in [9.17, 15) is 4.79 Å². The molecular weight excluding hydrogens is 354 g/mol. The van der Waals surface area contributed by atoms with Gasteiger partial charge in [-0.3, -0.25) is 0 Å². The van der Waals surface area contributed by atoms with Gasteiger partial charge in [0.1, 0.15) is 0 Å². The van der Waals surface area contributed by atoms with Crippen LogP contribution >= 0.6 is 0 Å². The second-order valence-electron chi connectivity index (χ2n) is 7.47. The van der Waals surface area contributed by atoms with E-state index in [4.69, 9.17) is 9.47 Å². The van der Waals surface area contributed by atoms with Crippen molar-refractivity contribution in [3.05, 3.63) is 48.0 Å². The zero-order valence-corrected chi connectivity index (χ0v) is 16.5. The van der Waals surface area contributed by atoms with E-state index in [1.165, 1.54) is 18.5 Å². The number of rotatable bonds is 6. The summed E-state index contributed by atoms with van der Waals surface area (Å²) in [5.41, 5.74) is 2.71. The van der Waals surface area contributed by atoms with Crippen LogP contribution in [0.5, 0.6) is 11.5 Å². The van der Waals surface area contributed by atoms with Crippen molar-refractivity contribution < 1.29 is 14.3 Å². The summed E-state index contributed by atoms with van der Waals surface area (Å²) in [5.74, 6) is 1.36.